The summed E-state index contributed by atoms with van der Waals surface area (Å²) in [6.07, 6.45) is -3.44. The Morgan fingerprint density at radius 1 is 1.25 bits per heavy atom. The zero-order chi connectivity index (χ0) is 14.8. The summed E-state index contributed by atoms with van der Waals surface area (Å²) in [5.74, 6) is -0.485. The zero-order valence-electron chi connectivity index (χ0n) is 11.7. The average molecular weight is 291 g/mol. The van der Waals surface area contributed by atoms with Crippen LogP contribution in [0, 0.1) is 0 Å². The Bertz CT molecular complexity index is 443. The molecule has 0 aliphatic carbocycles. The van der Waals surface area contributed by atoms with Crippen LogP contribution in [0.2, 0.25) is 0 Å². The van der Waals surface area contributed by atoms with Gasteiger partial charge in [-0.3, -0.25) is 4.90 Å². The van der Waals surface area contributed by atoms with Crippen LogP contribution in [0.3, 0.4) is 0 Å². The summed E-state index contributed by atoms with van der Waals surface area (Å²) < 4.78 is 39.4. The largest absolute Gasteiger partial charge is 0.451 e. The number of rotatable bonds is 5. The van der Waals surface area contributed by atoms with Crippen molar-refractivity contribution in [3.63, 3.8) is 0 Å². The normalized spacial score (nSPS) is 18.1. The lowest BCUT2D eigenvalue weighted by Gasteiger charge is -2.31. The number of aromatic nitrogens is 3. The topological polar surface area (TPSA) is 46.0 Å². The summed E-state index contributed by atoms with van der Waals surface area (Å²) >= 11 is 0. The van der Waals surface area contributed by atoms with Gasteiger partial charge in [-0.05, 0) is 13.0 Å². The summed E-state index contributed by atoms with van der Waals surface area (Å²) in [4.78, 5) is 2.13. The molecule has 0 fully saturated rings. The Balaban J connectivity index is 2.03. The van der Waals surface area contributed by atoms with Gasteiger partial charge in [0.2, 0.25) is 5.82 Å². The third kappa shape index (κ3) is 3.29. The molecule has 1 unspecified atom stereocenters. The molecule has 0 radical (unpaired) electrons. The van der Waals surface area contributed by atoms with E-state index in [1.165, 1.54) is 4.57 Å². The second kappa shape index (κ2) is 6.09. The van der Waals surface area contributed by atoms with Crippen molar-refractivity contribution >= 4 is 0 Å². The van der Waals surface area contributed by atoms with Crippen molar-refractivity contribution in [2.24, 2.45) is 0 Å². The standard InChI is InChI=1S/C12H20F3N5/c1-3-9(16-4-2)7-19-5-6-20-10(8-19)17-18-11(20)12(13,14)15/h9,16H,3-8H2,1-2H3. The van der Waals surface area contributed by atoms with Crippen molar-refractivity contribution in [3.05, 3.63) is 11.6 Å². The minimum Gasteiger partial charge on any atom is -0.313 e. The van der Waals surface area contributed by atoms with Gasteiger partial charge in [-0.2, -0.15) is 13.2 Å². The van der Waals surface area contributed by atoms with Crippen LogP contribution in [0.4, 0.5) is 13.2 Å². The van der Waals surface area contributed by atoms with Crippen molar-refractivity contribution in [3.8, 4) is 0 Å². The lowest BCUT2D eigenvalue weighted by atomic mass is 10.2. The third-order valence-corrected chi connectivity index (χ3v) is 3.55. The number of nitrogens with one attached hydrogen (secondary N) is 1. The van der Waals surface area contributed by atoms with Crippen LogP contribution in [-0.4, -0.2) is 45.3 Å². The molecule has 1 aliphatic rings. The highest BCUT2D eigenvalue weighted by molar-refractivity contribution is 5.02. The molecule has 2 rings (SSSR count). The summed E-state index contributed by atoms with van der Waals surface area (Å²) in [6.45, 7) is 7.16. The van der Waals surface area contributed by atoms with Crippen molar-refractivity contribution in [1.29, 1.82) is 0 Å². The zero-order valence-corrected chi connectivity index (χ0v) is 11.7. The van der Waals surface area contributed by atoms with Crippen LogP contribution in [0.1, 0.15) is 31.9 Å². The first-order valence-corrected chi connectivity index (χ1v) is 6.90. The van der Waals surface area contributed by atoms with E-state index in [0.29, 0.717) is 31.5 Å². The second-order valence-electron chi connectivity index (χ2n) is 4.99. The lowest BCUT2D eigenvalue weighted by Crippen LogP contribution is -2.44. The maximum atomic E-state index is 12.7. The number of likely N-dealkylation sites (N-methyl/N-ethyl adjacent to an activating group) is 1. The summed E-state index contributed by atoms with van der Waals surface area (Å²) in [6, 6.07) is 0.358. The van der Waals surface area contributed by atoms with E-state index in [4.69, 9.17) is 0 Å². The molecule has 1 atom stereocenters. The molecule has 8 heteroatoms. The summed E-state index contributed by atoms with van der Waals surface area (Å²) in [7, 11) is 0. The van der Waals surface area contributed by atoms with Gasteiger partial charge in [-0.25, -0.2) is 0 Å². The van der Waals surface area contributed by atoms with E-state index in [-0.39, 0.29) is 0 Å². The fraction of sp³-hybridized carbons (Fsp3) is 0.833. The van der Waals surface area contributed by atoms with Crippen molar-refractivity contribution < 1.29 is 13.2 Å². The fourth-order valence-corrected chi connectivity index (χ4v) is 2.51. The van der Waals surface area contributed by atoms with E-state index < -0.39 is 12.0 Å². The van der Waals surface area contributed by atoms with Gasteiger partial charge in [-0.1, -0.05) is 13.8 Å². The minimum absolute atomic E-state index is 0.291. The van der Waals surface area contributed by atoms with Crippen molar-refractivity contribution in [1.82, 2.24) is 25.0 Å². The molecule has 0 aromatic carbocycles. The predicted octanol–water partition coefficient (Wildman–Crippen LogP) is 1.50. The molecule has 114 valence electrons. The molecular formula is C12H20F3N5. The molecule has 20 heavy (non-hydrogen) atoms. The Labute approximate surface area is 116 Å². The van der Waals surface area contributed by atoms with Gasteiger partial charge in [0.15, 0.2) is 0 Å². The van der Waals surface area contributed by atoms with Crippen LogP contribution >= 0.6 is 0 Å². The molecule has 1 aromatic rings. The van der Waals surface area contributed by atoms with Gasteiger partial charge >= 0.3 is 6.18 Å². The maximum absolute atomic E-state index is 12.7. The van der Waals surface area contributed by atoms with Gasteiger partial charge in [-0.15, -0.1) is 10.2 Å². The SMILES string of the molecule is CCNC(CC)CN1CCn2c(nnc2C(F)(F)F)C1. The lowest BCUT2D eigenvalue weighted by molar-refractivity contribution is -0.148. The van der Waals surface area contributed by atoms with Gasteiger partial charge in [0.05, 0.1) is 6.54 Å². The van der Waals surface area contributed by atoms with E-state index in [1.807, 2.05) is 6.92 Å². The Hall–Kier alpha value is -1.15. The number of alkyl halides is 3. The molecule has 0 saturated carbocycles. The predicted molar refractivity (Wildman–Crippen MR) is 68.1 cm³/mol. The number of hydrogen-bond acceptors (Lipinski definition) is 4. The van der Waals surface area contributed by atoms with Crippen LogP contribution < -0.4 is 5.32 Å². The molecular weight excluding hydrogens is 271 g/mol. The summed E-state index contributed by atoms with van der Waals surface area (Å²) in [5.41, 5.74) is 0. The minimum atomic E-state index is -4.43. The second-order valence-corrected chi connectivity index (χ2v) is 4.99. The Morgan fingerprint density at radius 2 is 2.00 bits per heavy atom. The van der Waals surface area contributed by atoms with Gasteiger partial charge < -0.3 is 9.88 Å². The molecule has 1 aromatic heterocycles. The molecule has 0 spiro atoms. The van der Waals surface area contributed by atoms with Crippen molar-refractivity contribution in [2.45, 2.75) is 45.6 Å². The Morgan fingerprint density at radius 3 is 2.60 bits per heavy atom. The number of nitrogens with zero attached hydrogens (tertiary/aromatic N) is 4. The molecule has 0 saturated heterocycles. The van der Waals surface area contributed by atoms with Crippen LogP contribution in [0.25, 0.3) is 0 Å². The third-order valence-electron chi connectivity index (χ3n) is 3.55. The first kappa shape index (κ1) is 15.2. The average Bonchev–Trinajstić information content (AvgIpc) is 2.81. The highest BCUT2D eigenvalue weighted by Gasteiger charge is 2.39. The first-order chi connectivity index (χ1) is 9.45. The number of halogens is 3. The van der Waals surface area contributed by atoms with Gasteiger partial charge in [0, 0.05) is 25.7 Å². The van der Waals surface area contributed by atoms with Gasteiger partial charge in [0.1, 0.15) is 5.82 Å². The van der Waals surface area contributed by atoms with Crippen molar-refractivity contribution in [2.75, 3.05) is 19.6 Å². The quantitative estimate of drug-likeness (QED) is 0.893. The van der Waals surface area contributed by atoms with Crippen LogP contribution in [0.15, 0.2) is 0 Å². The molecule has 0 amide bonds. The van der Waals surface area contributed by atoms with Crippen LogP contribution in [0.5, 0.6) is 0 Å². The maximum Gasteiger partial charge on any atom is 0.451 e. The van der Waals surface area contributed by atoms with Crippen LogP contribution in [-0.2, 0) is 19.3 Å². The molecule has 5 nitrogen and oxygen atoms in total. The van der Waals surface area contributed by atoms with E-state index in [1.54, 1.807) is 0 Å². The highest BCUT2D eigenvalue weighted by Crippen LogP contribution is 2.29. The van der Waals surface area contributed by atoms with E-state index in [9.17, 15) is 13.2 Å². The van der Waals surface area contributed by atoms with E-state index >= 15 is 0 Å². The monoisotopic (exact) mass is 291 g/mol. The molecule has 1 aliphatic heterocycles. The highest BCUT2D eigenvalue weighted by atomic mass is 19.4. The molecule has 0 bridgehead atoms. The summed E-state index contributed by atoms with van der Waals surface area (Å²) in [5, 5.41) is 10.3. The van der Waals surface area contributed by atoms with Gasteiger partial charge in [0.25, 0.3) is 0 Å². The fourth-order valence-electron chi connectivity index (χ4n) is 2.51. The van der Waals surface area contributed by atoms with E-state index in [0.717, 1.165) is 19.5 Å². The number of fused-ring (bicyclic) bond motifs is 1. The number of hydrogen-bond donors (Lipinski definition) is 1. The first-order valence-electron chi connectivity index (χ1n) is 6.90. The molecule has 2 heterocycles. The smallest absolute Gasteiger partial charge is 0.313 e. The molecule has 1 N–H and O–H groups in total. The Kier molecular flexibility index (Phi) is 4.64. The van der Waals surface area contributed by atoms with E-state index in [2.05, 4.69) is 27.3 Å².